The third-order valence-corrected chi connectivity index (χ3v) is 3.61. The molecule has 0 unspecified atom stereocenters. The molecule has 0 aliphatic carbocycles. The van der Waals surface area contributed by atoms with Gasteiger partial charge in [0.15, 0.2) is 0 Å². The lowest BCUT2D eigenvalue weighted by molar-refractivity contribution is -0.389. The maximum Gasteiger partial charge on any atom is 0.438 e. The zero-order chi connectivity index (χ0) is 18.3. The van der Waals surface area contributed by atoms with E-state index in [2.05, 4.69) is 10.2 Å². The van der Waals surface area contributed by atoms with Crippen molar-refractivity contribution in [1.29, 1.82) is 0 Å². The van der Waals surface area contributed by atoms with Crippen LogP contribution in [0.2, 0.25) is 0 Å². The van der Waals surface area contributed by atoms with Crippen molar-refractivity contribution in [3.05, 3.63) is 21.9 Å². The second-order valence-corrected chi connectivity index (χ2v) is 5.45. The van der Waals surface area contributed by atoms with Crippen molar-refractivity contribution in [1.82, 2.24) is 14.8 Å². The van der Waals surface area contributed by atoms with E-state index < -0.39 is 40.9 Å². The first kappa shape index (κ1) is 17.8. The molecule has 9 nitrogen and oxygen atoms in total. The average molecular weight is 349 g/mol. The largest absolute Gasteiger partial charge is 0.438 e. The van der Waals surface area contributed by atoms with Crippen molar-refractivity contribution in [3.63, 3.8) is 0 Å². The van der Waals surface area contributed by atoms with Gasteiger partial charge in [0, 0.05) is 12.6 Å². The minimum Gasteiger partial charge on any atom is -0.362 e. The Labute approximate surface area is 133 Å². The number of aromatic nitrogens is 2. The molecule has 2 rings (SSSR count). The molecule has 2 heterocycles. The molecule has 0 aromatic carbocycles. The number of halogens is 3. The van der Waals surface area contributed by atoms with Crippen molar-refractivity contribution in [2.75, 3.05) is 0 Å². The molecule has 0 saturated heterocycles. The first-order valence-corrected chi connectivity index (χ1v) is 6.82. The number of carbonyl (C=O) groups is 1. The van der Waals surface area contributed by atoms with Gasteiger partial charge in [-0.2, -0.15) is 28.0 Å². The number of aliphatic hydroxyl groups is 1. The Morgan fingerprint density at radius 2 is 2.21 bits per heavy atom. The third kappa shape index (κ3) is 2.96. The van der Waals surface area contributed by atoms with Crippen LogP contribution in [-0.2, 0) is 11.3 Å². The summed E-state index contributed by atoms with van der Waals surface area (Å²) >= 11 is 0. The number of hydrazone groups is 1. The molecule has 0 bridgehead atoms. The molecule has 0 spiro atoms. The van der Waals surface area contributed by atoms with E-state index in [1.165, 1.54) is 19.9 Å². The zero-order valence-electron chi connectivity index (χ0n) is 12.7. The molecule has 1 aromatic heterocycles. The second-order valence-electron chi connectivity index (χ2n) is 5.45. The highest BCUT2D eigenvalue weighted by atomic mass is 19.4. The van der Waals surface area contributed by atoms with E-state index in [9.17, 15) is 33.2 Å². The zero-order valence-corrected chi connectivity index (χ0v) is 12.7. The number of rotatable bonds is 4. The number of nitrogens with zero attached hydrogens (tertiary/aromatic N) is 5. The van der Waals surface area contributed by atoms with Crippen molar-refractivity contribution in [3.8, 4) is 0 Å². The number of aryl methyl sites for hydroxylation is 1. The van der Waals surface area contributed by atoms with Crippen LogP contribution in [0.25, 0.3) is 0 Å². The number of hydrogen-bond donors (Lipinski definition) is 1. The standard InChI is InChI=1S/C12H14F3N5O4/c1-7(6-18-8(2)5-9(17-18)20(23)24)10(21)19-11(22,3-4-16-19)12(13,14)15/h4-5,7,22H,3,6H2,1-2H3/t7-,11-/m1/s1. The van der Waals surface area contributed by atoms with Crippen molar-refractivity contribution < 1.29 is 28.0 Å². The van der Waals surface area contributed by atoms with Crippen LogP contribution in [0.5, 0.6) is 0 Å². The summed E-state index contributed by atoms with van der Waals surface area (Å²) in [6, 6.07) is 1.18. The van der Waals surface area contributed by atoms with Crippen LogP contribution in [-0.4, -0.2) is 48.8 Å². The fourth-order valence-electron chi connectivity index (χ4n) is 2.22. The van der Waals surface area contributed by atoms with Gasteiger partial charge >= 0.3 is 12.0 Å². The minimum atomic E-state index is -5.07. The monoisotopic (exact) mass is 349 g/mol. The topological polar surface area (TPSA) is 114 Å². The number of hydrogen-bond acceptors (Lipinski definition) is 6. The maximum atomic E-state index is 13.0. The molecular formula is C12H14F3N5O4. The minimum absolute atomic E-state index is 0.00487. The molecule has 12 heteroatoms. The number of carbonyl (C=O) groups excluding carboxylic acids is 1. The van der Waals surface area contributed by atoms with Gasteiger partial charge in [-0.3, -0.25) is 4.79 Å². The average Bonchev–Trinajstić information content (AvgIpc) is 3.02. The SMILES string of the molecule is Cc1cc([N+](=O)[O-])nn1C[C@@H](C)C(=O)N1N=CC[C@@]1(O)C(F)(F)F. The molecule has 0 saturated carbocycles. The summed E-state index contributed by atoms with van der Waals surface area (Å²) in [6.45, 7) is 2.63. The highest BCUT2D eigenvalue weighted by Gasteiger charge is 2.61. The quantitative estimate of drug-likeness (QED) is 0.648. The summed E-state index contributed by atoms with van der Waals surface area (Å²) in [7, 11) is 0. The lowest BCUT2D eigenvalue weighted by Gasteiger charge is -2.33. The van der Waals surface area contributed by atoms with Gasteiger partial charge in [0.25, 0.3) is 5.72 Å². The third-order valence-electron chi connectivity index (χ3n) is 3.61. The maximum absolute atomic E-state index is 13.0. The molecule has 2 atom stereocenters. The summed E-state index contributed by atoms with van der Waals surface area (Å²) in [5, 5.41) is 27.4. The molecule has 1 aliphatic heterocycles. The van der Waals surface area contributed by atoms with Gasteiger partial charge in [-0.15, -0.1) is 0 Å². The summed E-state index contributed by atoms with van der Waals surface area (Å²) in [5.74, 6) is -2.55. The Hall–Kier alpha value is -2.50. The van der Waals surface area contributed by atoms with Crippen LogP contribution in [0.15, 0.2) is 11.2 Å². The normalized spacial score (nSPS) is 22.0. The molecule has 1 aliphatic rings. The van der Waals surface area contributed by atoms with E-state index in [4.69, 9.17) is 0 Å². The summed E-state index contributed by atoms with van der Waals surface area (Å²) < 4.78 is 40.1. The number of alkyl halides is 3. The summed E-state index contributed by atoms with van der Waals surface area (Å²) in [4.78, 5) is 22.2. The van der Waals surface area contributed by atoms with Gasteiger partial charge in [-0.1, -0.05) is 6.92 Å². The van der Waals surface area contributed by atoms with Crippen LogP contribution in [0, 0.1) is 23.0 Å². The molecule has 1 aromatic rings. The van der Waals surface area contributed by atoms with Gasteiger partial charge in [-0.05, 0) is 11.8 Å². The number of nitro groups is 1. The predicted molar refractivity (Wildman–Crippen MR) is 73.7 cm³/mol. The predicted octanol–water partition coefficient (Wildman–Crippen LogP) is 1.20. The van der Waals surface area contributed by atoms with Crippen LogP contribution < -0.4 is 0 Å². The van der Waals surface area contributed by atoms with Crippen LogP contribution in [0.4, 0.5) is 19.0 Å². The van der Waals surface area contributed by atoms with Gasteiger partial charge in [-0.25, -0.2) is 0 Å². The molecule has 24 heavy (non-hydrogen) atoms. The molecule has 1 amide bonds. The molecule has 0 radical (unpaired) electrons. The highest BCUT2D eigenvalue weighted by Crippen LogP contribution is 2.39. The smallest absolute Gasteiger partial charge is 0.362 e. The van der Waals surface area contributed by atoms with Crippen molar-refractivity contribution in [2.45, 2.75) is 38.7 Å². The Morgan fingerprint density at radius 3 is 2.71 bits per heavy atom. The molecule has 1 N–H and O–H groups in total. The van der Waals surface area contributed by atoms with E-state index in [0.29, 0.717) is 5.69 Å². The molecule has 0 fully saturated rings. The van der Waals surface area contributed by atoms with Gasteiger partial charge in [0.2, 0.25) is 5.91 Å². The van der Waals surface area contributed by atoms with Crippen molar-refractivity contribution >= 4 is 17.9 Å². The second kappa shape index (κ2) is 5.85. The van der Waals surface area contributed by atoms with Crippen LogP contribution >= 0.6 is 0 Å². The Morgan fingerprint density at radius 1 is 1.58 bits per heavy atom. The van der Waals surface area contributed by atoms with E-state index in [-0.39, 0.29) is 11.6 Å². The summed E-state index contributed by atoms with van der Waals surface area (Å²) in [6.07, 6.45) is -5.12. The lowest BCUT2D eigenvalue weighted by Crippen LogP contribution is -2.57. The molecule has 132 valence electrons. The van der Waals surface area contributed by atoms with Crippen molar-refractivity contribution in [2.24, 2.45) is 11.0 Å². The summed E-state index contributed by atoms with van der Waals surface area (Å²) in [5.41, 5.74) is -3.01. The Balaban J connectivity index is 2.18. The van der Waals surface area contributed by atoms with Crippen LogP contribution in [0.3, 0.4) is 0 Å². The van der Waals surface area contributed by atoms with Crippen LogP contribution in [0.1, 0.15) is 19.0 Å². The molecular weight excluding hydrogens is 335 g/mol. The van der Waals surface area contributed by atoms with E-state index >= 15 is 0 Å². The van der Waals surface area contributed by atoms with E-state index in [1.807, 2.05) is 0 Å². The Bertz CT molecular complexity index is 701. The number of amides is 1. The van der Waals surface area contributed by atoms with Gasteiger partial charge < -0.3 is 15.2 Å². The fourth-order valence-corrected chi connectivity index (χ4v) is 2.22. The first-order valence-electron chi connectivity index (χ1n) is 6.82. The first-order chi connectivity index (χ1) is 11.0. The lowest BCUT2D eigenvalue weighted by atomic mass is 10.1. The van der Waals surface area contributed by atoms with Gasteiger partial charge in [0.1, 0.15) is 0 Å². The van der Waals surface area contributed by atoms with E-state index in [0.717, 1.165) is 10.9 Å². The highest BCUT2D eigenvalue weighted by molar-refractivity contribution is 5.82. The van der Waals surface area contributed by atoms with E-state index in [1.54, 1.807) is 0 Å². The Kier molecular flexibility index (Phi) is 4.35. The fraction of sp³-hybridized carbons (Fsp3) is 0.583. The van der Waals surface area contributed by atoms with Gasteiger partial charge in [0.05, 0.1) is 29.3 Å².